The predicted molar refractivity (Wildman–Crippen MR) is 233 cm³/mol. The Labute approximate surface area is 341 Å². The Morgan fingerprint density at radius 2 is 1.12 bits per heavy atom. The van der Waals surface area contributed by atoms with Gasteiger partial charge in [-0.15, -0.1) is 0 Å². The van der Waals surface area contributed by atoms with E-state index in [1.807, 2.05) is 0 Å². The van der Waals surface area contributed by atoms with Crippen LogP contribution in [0.15, 0.2) is 54.6 Å². The van der Waals surface area contributed by atoms with Gasteiger partial charge in [-0.05, 0) is 63.6 Å². The highest BCUT2D eigenvalue weighted by Crippen LogP contribution is 2.43. The van der Waals surface area contributed by atoms with Crippen LogP contribution in [0.25, 0.3) is 32.3 Å². The number of unbranched alkanes of at least 4 members (excludes halogenated alkanes) is 18. The summed E-state index contributed by atoms with van der Waals surface area (Å²) in [5.74, 6) is -0.846. The molecule has 10 heteroatoms. The highest BCUT2D eigenvalue weighted by Gasteiger charge is 2.26. The zero-order chi connectivity index (χ0) is 40.6. The van der Waals surface area contributed by atoms with Crippen LogP contribution in [0.4, 0.5) is 0 Å². The van der Waals surface area contributed by atoms with Crippen LogP contribution in [0.1, 0.15) is 154 Å². The maximum Gasteiger partial charge on any atom is 0.472 e. The van der Waals surface area contributed by atoms with Crippen LogP contribution in [-0.2, 0) is 39.1 Å². The maximum atomic E-state index is 12.7. The number of carbonyl (C=O) groups excluding carboxylic acids is 2. The summed E-state index contributed by atoms with van der Waals surface area (Å²) in [6, 6.07) is 20.1. The van der Waals surface area contributed by atoms with Gasteiger partial charge >= 0.3 is 19.8 Å². The Bertz CT molecular complexity index is 1760. The normalized spacial score (nSPS) is 13.4. The molecule has 9 nitrogen and oxygen atoms in total. The molecule has 0 amide bonds. The molecule has 4 rings (SSSR count). The second-order valence-electron chi connectivity index (χ2n) is 15.7. The first-order chi connectivity index (χ1) is 27.8. The smallest absolute Gasteiger partial charge is 0.462 e. The van der Waals surface area contributed by atoms with E-state index in [9.17, 15) is 19.0 Å². The van der Waals surface area contributed by atoms with E-state index in [2.05, 4.69) is 61.5 Å². The van der Waals surface area contributed by atoms with Gasteiger partial charge in [-0.3, -0.25) is 18.6 Å². The molecule has 316 valence electrons. The van der Waals surface area contributed by atoms with Crippen molar-refractivity contribution in [2.75, 3.05) is 26.4 Å². The second-order valence-corrected chi connectivity index (χ2v) is 17.2. The zero-order valence-corrected chi connectivity index (χ0v) is 35.6. The number of phosphoric ester groups is 1. The lowest BCUT2D eigenvalue weighted by Gasteiger charge is -2.19. The monoisotopic (exact) mass is 807 g/mol. The Balaban J connectivity index is 1.07. The SMILES string of the molecule is CCCCCCCCCCCCCCCC(=O)OC[C@H](COP(=O)(O)OCCN)OC(=O)CCCCCCCCCc1ccc2ccc3cccc4ccc1c2c34. The van der Waals surface area contributed by atoms with Gasteiger partial charge in [0, 0.05) is 19.4 Å². The molecular formula is C47H70NO8P. The van der Waals surface area contributed by atoms with Crippen molar-refractivity contribution in [3.05, 3.63) is 60.2 Å². The minimum atomic E-state index is -4.39. The number of rotatable bonds is 33. The summed E-state index contributed by atoms with van der Waals surface area (Å²) < 4.78 is 33.0. The lowest BCUT2D eigenvalue weighted by atomic mass is 9.90. The van der Waals surface area contributed by atoms with Gasteiger partial charge in [0.25, 0.3) is 0 Å². The van der Waals surface area contributed by atoms with Crippen LogP contribution in [-0.4, -0.2) is 49.3 Å². The number of esters is 2. The fourth-order valence-corrected chi connectivity index (χ4v) is 8.54. The first-order valence-corrected chi connectivity index (χ1v) is 23.6. The van der Waals surface area contributed by atoms with Gasteiger partial charge in [0.2, 0.25) is 0 Å². The topological polar surface area (TPSA) is 134 Å². The highest BCUT2D eigenvalue weighted by molar-refractivity contribution is 7.47. The number of hydrogen-bond donors (Lipinski definition) is 2. The molecule has 0 radical (unpaired) electrons. The molecule has 4 aromatic rings. The van der Waals surface area contributed by atoms with Crippen molar-refractivity contribution in [1.82, 2.24) is 0 Å². The molecule has 0 aromatic heterocycles. The molecule has 0 saturated heterocycles. The van der Waals surface area contributed by atoms with Gasteiger partial charge < -0.3 is 20.1 Å². The molecule has 0 aliphatic heterocycles. The minimum absolute atomic E-state index is 0.0472. The van der Waals surface area contributed by atoms with Crippen LogP contribution in [0.5, 0.6) is 0 Å². The van der Waals surface area contributed by atoms with Crippen molar-refractivity contribution in [2.24, 2.45) is 5.73 Å². The molecule has 1 unspecified atom stereocenters. The van der Waals surface area contributed by atoms with E-state index < -0.39 is 26.5 Å². The van der Waals surface area contributed by atoms with E-state index in [1.54, 1.807) is 0 Å². The molecule has 4 aromatic carbocycles. The molecule has 0 spiro atoms. The van der Waals surface area contributed by atoms with E-state index in [-0.39, 0.29) is 38.6 Å². The van der Waals surface area contributed by atoms with E-state index >= 15 is 0 Å². The number of ether oxygens (including phenoxy) is 2. The Kier molecular flexibility index (Phi) is 21.9. The Morgan fingerprint density at radius 1 is 0.614 bits per heavy atom. The molecule has 0 aliphatic carbocycles. The molecular weight excluding hydrogens is 737 g/mol. The average molecular weight is 808 g/mol. The molecule has 0 saturated carbocycles. The number of hydrogen-bond acceptors (Lipinski definition) is 8. The number of aryl methyl sites for hydroxylation is 1. The summed E-state index contributed by atoms with van der Waals surface area (Å²) in [5, 5.41) is 8.00. The third kappa shape index (κ3) is 17.4. The van der Waals surface area contributed by atoms with Crippen LogP contribution in [0, 0.1) is 0 Å². The predicted octanol–water partition coefficient (Wildman–Crippen LogP) is 12.3. The van der Waals surface area contributed by atoms with Crippen molar-refractivity contribution in [3.63, 3.8) is 0 Å². The molecule has 0 heterocycles. The van der Waals surface area contributed by atoms with Crippen molar-refractivity contribution in [2.45, 2.75) is 161 Å². The number of phosphoric acid groups is 1. The van der Waals surface area contributed by atoms with Gasteiger partial charge in [-0.1, -0.05) is 171 Å². The Hall–Kier alpha value is -3.07. The van der Waals surface area contributed by atoms with Gasteiger partial charge in [-0.25, -0.2) is 4.57 Å². The molecule has 0 bridgehead atoms. The van der Waals surface area contributed by atoms with Gasteiger partial charge in [-0.2, -0.15) is 0 Å². The van der Waals surface area contributed by atoms with Crippen LogP contribution in [0.3, 0.4) is 0 Å². The van der Waals surface area contributed by atoms with Crippen molar-refractivity contribution < 1.29 is 37.6 Å². The highest BCUT2D eigenvalue weighted by atomic mass is 31.2. The van der Waals surface area contributed by atoms with Crippen molar-refractivity contribution in [1.29, 1.82) is 0 Å². The van der Waals surface area contributed by atoms with Crippen LogP contribution < -0.4 is 5.73 Å². The first-order valence-electron chi connectivity index (χ1n) is 22.1. The van der Waals surface area contributed by atoms with Gasteiger partial charge in [0.15, 0.2) is 6.10 Å². The lowest BCUT2D eigenvalue weighted by molar-refractivity contribution is -0.161. The molecule has 0 fully saturated rings. The fourth-order valence-electron chi connectivity index (χ4n) is 7.77. The van der Waals surface area contributed by atoms with Crippen LogP contribution >= 0.6 is 7.82 Å². The standard InChI is InChI=1S/C47H70NO8P/c1-2-3-4-5-6-7-8-9-10-11-14-17-20-26-44(49)53-36-42(37-55-57(51,52)54-35-34-48)56-45(50)27-21-18-15-12-13-16-19-23-38-28-29-41-31-30-39-24-22-25-40-32-33-43(38)47(41)46(39)40/h22,24-25,28-33,42H,2-21,23,26-27,34-37,48H2,1H3,(H,51,52)/t42-/m1/s1. The number of carbonyl (C=O) groups is 2. The number of nitrogens with two attached hydrogens (primary N) is 1. The zero-order valence-electron chi connectivity index (χ0n) is 34.7. The maximum absolute atomic E-state index is 12.7. The summed E-state index contributed by atoms with van der Waals surface area (Å²) in [4.78, 5) is 35.1. The Morgan fingerprint density at radius 3 is 1.72 bits per heavy atom. The summed E-state index contributed by atoms with van der Waals surface area (Å²) in [6.45, 7) is 1.44. The first kappa shape index (κ1) is 46.6. The number of benzene rings is 4. The quantitative estimate of drug-likeness (QED) is 0.0209. The average Bonchev–Trinajstić information content (AvgIpc) is 3.21. The van der Waals surface area contributed by atoms with E-state index in [0.29, 0.717) is 6.42 Å². The van der Waals surface area contributed by atoms with Crippen molar-refractivity contribution >= 4 is 52.1 Å². The largest absolute Gasteiger partial charge is 0.472 e. The second kappa shape index (κ2) is 26.8. The molecule has 3 N–H and O–H groups in total. The summed E-state index contributed by atoms with van der Waals surface area (Å²) in [6.07, 6.45) is 23.5. The van der Waals surface area contributed by atoms with E-state index in [0.717, 1.165) is 64.2 Å². The van der Waals surface area contributed by atoms with Crippen molar-refractivity contribution in [3.8, 4) is 0 Å². The summed E-state index contributed by atoms with van der Waals surface area (Å²) >= 11 is 0. The molecule has 0 aliphatic rings. The fraction of sp³-hybridized carbons (Fsp3) is 0.617. The third-order valence-electron chi connectivity index (χ3n) is 11.0. The minimum Gasteiger partial charge on any atom is -0.462 e. The summed E-state index contributed by atoms with van der Waals surface area (Å²) in [7, 11) is -4.39. The van der Waals surface area contributed by atoms with Gasteiger partial charge in [0.1, 0.15) is 6.61 Å². The van der Waals surface area contributed by atoms with Crippen LogP contribution in [0.2, 0.25) is 0 Å². The van der Waals surface area contributed by atoms with Gasteiger partial charge in [0.05, 0.1) is 13.2 Å². The molecule has 2 atom stereocenters. The van der Waals surface area contributed by atoms with E-state index in [1.165, 1.54) is 102 Å². The van der Waals surface area contributed by atoms with E-state index in [4.69, 9.17) is 24.3 Å². The molecule has 57 heavy (non-hydrogen) atoms. The lowest BCUT2D eigenvalue weighted by Crippen LogP contribution is -2.29. The third-order valence-corrected chi connectivity index (χ3v) is 11.9. The summed E-state index contributed by atoms with van der Waals surface area (Å²) in [5.41, 5.74) is 6.78.